The second-order valence-corrected chi connectivity index (χ2v) is 8.04. The number of halogens is 1. The molecule has 0 saturated carbocycles. The lowest BCUT2D eigenvalue weighted by molar-refractivity contribution is -0.256. The number of nitrogens with zero attached hydrogens (tertiary/aromatic N) is 4. The molecule has 5 rings (SSSR count). The molecule has 3 aliphatic heterocycles. The Labute approximate surface area is 161 Å². The van der Waals surface area contributed by atoms with E-state index in [4.69, 9.17) is 9.47 Å². The summed E-state index contributed by atoms with van der Waals surface area (Å²) in [6, 6.07) is 0. The molecule has 3 N–H and O–H groups in total. The van der Waals surface area contributed by atoms with Gasteiger partial charge in [-0.25, -0.2) is 19.3 Å². The Balaban J connectivity index is 1.49. The van der Waals surface area contributed by atoms with Crippen LogP contribution in [0.15, 0.2) is 12.7 Å². The first-order valence-electron chi connectivity index (χ1n) is 9.81. The van der Waals surface area contributed by atoms with Gasteiger partial charge in [-0.05, 0) is 19.4 Å². The quantitative estimate of drug-likeness (QED) is 0.671. The molecule has 9 nitrogen and oxygen atoms in total. The van der Waals surface area contributed by atoms with E-state index in [9.17, 15) is 9.50 Å². The van der Waals surface area contributed by atoms with Crippen molar-refractivity contribution in [3.63, 3.8) is 0 Å². The molecule has 2 unspecified atom stereocenters. The van der Waals surface area contributed by atoms with Gasteiger partial charge >= 0.3 is 0 Å². The highest BCUT2D eigenvalue weighted by atomic mass is 19.1. The third-order valence-electron chi connectivity index (χ3n) is 6.17. The maximum absolute atomic E-state index is 14.1. The Morgan fingerprint density at radius 1 is 1.39 bits per heavy atom. The Kier molecular flexibility index (Phi) is 4.55. The lowest BCUT2D eigenvalue weighted by atomic mass is 9.94. The normalized spacial score (nSPS) is 36.6. The van der Waals surface area contributed by atoms with Gasteiger partial charge in [0.15, 0.2) is 5.65 Å². The highest BCUT2D eigenvalue weighted by molar-refractivity contribution is 5.73. The monoisotopic (exact) mass is 392 g/mol. The Hall–Kier alpha value is -1.72. The van der Waals surface area contributed by atoms with Gasteiger partial charge in [-0.15, -0.1) is 0 Å². The van der Waals surface area contributed by atoms with Crippen LogP contribution < -0.4 is 5.32 Å². The molecule has 0 bridgehead atoms. The van der Waals surface area contributed by atoms with Crippen molar-refractivity contribution in [2.75, 3.05) is 39.4 Å². The van der Waals surface area contributed by atoms with Crippen molar-refractivity contribution >= 4 is 11.2 Å². The molecular weight excluding hydrogens is 367 g/mol. The number of aliphatic hydroxyl groups excluding tert-OH is 1. The number of ether oxygens (including phenoxy) is 2. The standard InChI is InChI=1S/C18H25FN6O3/c19-12-4-17(2-1-3-25(17)6-12)9-28-18(8-20-5-13(26)7-27-18)15-14-16(23-10-21-14)24-11-22-15/h10-13,20,26H,1-9H2,(H,21,22,23,24)/t12-,13?,17+,18?/m1/s1. The topological polar surface area (TPSA) is 108 Å². The second kappa shape index (κ2) is 6.96. The first-order valence-corrected chi connectivity index (χ1v) is 9.81. The minimum Gasteiger partial charge on any atom is -0.389 e. The fraction of sp³-hybridized carbons (Fsp3) is 0.722. The summed E-state index contributed by atoms with van der Waals surface area (Å²) in [4.78, 5) is 18.1. The van der Waals surface area contributed by atoms with Crippen LogP contribution in [0.3, 0.4) is 0 Å². The molecule has 0 amide bonds. The number of nitrogens with one attached hydrogen (secondary N) is 2. The summed E-state index contributed by atoms with van der Waals surface area (Å²) in [6.07, 6.45) is 3.93. The predicted octanol–water partition coefficient (Wildman–Crippen LogP) is 0.0794. The number of hydrogen-bond acceptors (Lipinski definition) is 8. The summed E-state index contributed by atoms with van der Waals surface area (Å²) in [5, 5.41) is 13.3. The molecule has 10 heteroatoms. The summed E-state index contributed by atoms with van der Waals surface area (Å²) >= 11 is 0. The molecule has 3 saturated heterocycles. The Bertz CT molecular complexity index is 852. The molecule has 0 aliphatic carbocycles. The zero-order chi connectivity index (χ0) is 19.2. The van der Waals surface area contributed by atoms with Gasteiger partial charge < -0.3 is 24.9 Å². The van der Waals surface area contributed by atoms with E-state index in [1.807, 2.05) is 0 Å². The van der Waals surface area contributed by atoms with Crippen LogP contribution in [0, 0.1) is 0 Å². The van der Waals surface area contributed by atoms with E-state index in [1.165, 1.54) is 6.33 Å². The highest BCUT2D eigenvalue weighted by Gasteiger charge is 2.51. The number of aromatic amines is 1. The number of imidazole rings is 1. The fourth-order valence-corrected chi connectivity index (χ4v) is 4.81. The van der Waals surface area contributed by atoms with Crippen LogP contribution in [0.2, 0.25) is 0 Å². The summed E-state index contributed by atoms with van der Waals surface area (Å²) in [5.41, 5.74) is 1.39. The van der Waals surface area contributed by atoms with Gasteiger partial charge in [0, 0.05) is 25.0 Å². The average Bonchev–Trinajstić information content (AvgIpc) is 3.33. The van der Waals surface area contributed by atoms with E-state index in [0.29, 0.717) is 49.5 Å². The number of β-amino-alcohol motifs (C(OH)–C–C–N with tert-alkyl or cyclic N) is 1. The second-order valence-electron chi connectivity index (χ2n) is 8.04. The van der Waals surface area contributed by atoms with Crippen molar-refractivity contribution in [2.24, 2.45) is 0 Å². The number of H-pyrrole nitrogens is 1. The van der Waals surface area contributed by atoms with Gasteiger partial charge in [0.25, 0.3) is 0 Å². The lowest BCUT2D eigenvalue weighted by Gasteiger charge is -2.38. The Morgan fingerprint density at radius 2 is 2.32 bits per heavy atom. The molecule has 2 aromatic heterocycles. The van der Waals surface area contributed by atoms with E-state index in [2.05, 4.69) is 30.2 Å². The number of aliphatic hydroxyl groups is 1. The first-order chi connectivity index (χ1) is 13.6. The molecule has 152 valence electrons. The SMILES string of the molecule is OC1CNCC(OC[C@@]23CCCN2C[C@H](F)C3)(c2ncnc3nc[nH]c23)OC1. The predicted molar refractivity (Wildman–Crippen MR) is 97.2 cm³/mol. The third-order valence-corrected chi connectivity index (χ3v) is 6.17. The van der Waals surface area contributed by atoms with Gasteiger partial charge in [0.2, 0.25) is 5.79 Å². The zero-order valence-corrected chi connectivity index (χ0v) is 15.6. The van der Waals surface area contributed by atoms with E-state index in [1.54, 1.807) is 6.33 Å². The van der Waals surface area contributed by atoms with Crippen molar-refractivity contribution in [1.29, 1.82) is 0 Å². The summed E-state index contributed by atoms with van der Waals surface area (Å²) in [5.74, 6) is -1.22. The van der Waals surface area contributed by atoms with Gasteiger partial charge in [0.05, 0.1) is 32.2 Å². The first kappa shape index (κ1) is 18.3. The van der Waals surface area contributed by atoms with E-state index in [-0.39, 0.29) is 12.1 Å². The van der Waals surface area contributed by atoms with Crippen LogP contribution >= 0.6 is 0 Å². The van der Waals surface area contributed by atoms with Crippen molar-refractivity contribution in [3.05, 3.63) is 18.3 Å². The minimum atomic E-state index is -1.22. The van der Waals surface area contributed by atoms with Gasteiger partial charge in [-0.1, -0.05) is 0 Å². The van der Waals surface area contributed by atoms with Crippen LogP contribution in [0.1, 0.15) is 25.0 Å². The minimum absolute atomic E-state index is 0.106. The third kappa shape index (κ3) is 3.00. The maximum atomic E-state index is 14.1. The van der Waals surface area contributed by atoms with Crippen LogP contribution in [-0.2, 0) is 15.3 Å². The van der Waals surface area contributed by atoms with Crippen molar-refractivity contribution in [2.45, 2.75) is 42.9 Å². The lowest BCUT2D eigenvalue weighted by Crippen LogP contribution is -2.49. The number of hydrogen-bond donors (Lipinski definition) is 3. The Morgan fingerprint density at radius 3 is 3.25 bits per heavy atom. The van der Waals surface area contributed by atoms with Crippen LogP contribution in [-0.4, -0.2) is 87.1 Å². The molecule has 4 atom stereocenters. The molecule has 3 aliphatic rings. The molecule has 3 fully saturated rings. The van der Waals surface area contributed by atoms with E-state index in [0.717, 1.165) is 19.4 Å². The molecule has 0 radical (unpaired) electrons. The molecule has 28 heavy (non-hydrogen) atoms. The maximum Gasteiger partial charge on any atom is 0.227 e. The van der Waals surface area contributed by atoms with Crippen molar-refractivity contribution in [1.82, 2.24) is 30.2 Å². The van der Waals surface area contributed by atoms with Crippen LogP contribution in [0.4, 0.5) is 4.39 Å². The van der Waals surface area contributed by atoms with E-state index >= 15 is 0 Å². The molecule has 0 aromatic carbocycles. The summed E-state index contributed by atoms with van der Waals surface area (Å²) in [7, 11) is 0. The molecule has 2 aromatic rings. The number of fused-ring (bicyclic) bond motifs is 2. The van der Waals surface area contributed by atoms with Crippen LogP contribution in [0.5, 0.6) is 0 Å². The molecule has 5 heterocycles. The van der Waals surface area contributed by atoms with E-state index < -0.39 is 18.1 Å². The number of alkyl halides is 1. The summed E-state index contributed by atoms with van der Waals surface area (Å²) in [6.45, 7) is 2.51. The smallest absolute Gasteiger partial charge is 0.227 e. The van der Waals surface area contributed by atoms with Gasteiger partial charge in [-0.2, -0.15) is 0 Å². The zero-order valence-electron chi connectivity index (χ0n) is 15.6. The molecular formula is C18H25FN6O3. The summed E-state index contributed by atoms with van der Waals surface area (Å²) < 4.78 is 26.7. The molecule has 0 spiro atoms. The fourth-order valence-electron chi connectivity index (χ4n) is 4.81. The number of rotatable bonds is 4. The number of aromatic nitrogens is 4. The van der Waals surface area contributed by atoms with Gasteiger partial charge in [-0.3, -0.25) is 4.90 Å². The van der Waals surface area contributed by atoms with Crippen molar-refractivity contribution in [3.8, 4) is 0 Å². The average molecular weight is 392 g/mol. The highest BCUT2D eigenvalue weighted by Crippen LogP contribution is 2.42. The van der Waals surface area contributed by atoms with Gasteiger partial charge in [0.1, 0.15) is 23.7 Å². The largest absolute Gasteiger partial charge is 0.389 e. The van der Waals surface area contributed by atoms with Crippen LogP contribution in [0.25, 0.3) is 11.2 Å². The van der Waals surface area contributed by atoms with Crippen molar-refractivity contribution < 1.29 is 19.0 Å².